The molecular weight excluding hydrogens is 232 g/mol. The van der Waals surface area contributed by atoms with E-state index in [0.717, 1.165) is 6.07 Å². The summed E-state index contributed by atoms with van der Waals surface area (Å²) >= 11 is 0. The molecule has 1 aromatic carbocycles. The van der Waals surface area contributed by atoms with Gasteiger partial charge >= 0.3 is 0 Å². The maximum absolute atomic E-state index is 13.5. The van der Waals surface area contributed by atoms with Crippen LogP contribution in [0, 0.1) is 17.6 Å². The molecule has 0 radical (unpaired) electrons. The van der Waals surface area contributed by atoms with Crippen LogP contribution < -0.4 is 5.32 Å². The van der Waals surface area contributed by atoms with Crippen molar-refractivity contribution < 1.29 is 8.78 Å². The van der Waals surface area contributed by atoms with Crippen molar-refractivity contribution in [1.29, 1.82) is 0 Å². The molecule has 1 fully saturated rings. The fourth-order valence-corrected chi connectivity index (χ4v) is 2.74. The van der Waals surface area contributed by atoms with E-state index in [1.54, 1.807) is 0 Å². The molecule has 1 unspecified atom stereocenters. The summed E-state index contributed by atoms with van der Waals surface area (Å²) in [6.45, 7) is 2.64. The van der Waals surface area contributed by atoms with Gasteiger partial charge in [0.15, 0.2) is 0 Å². The van der Waals surface area contributed by atoms with Gasteiger partial charge in [0, 0.05) is 24.2 Å². The highest BCUT2D eigenvalue weighted by atomic mass is 19.1. The Balaban J connectivity index is 1.86. The third-order valence-electron chi connectivity index (χ3n) is 3.99. The summed E-state index contributed by atoms with van der Waals surface area (Å²) in [6, 6.07) is 4.17. The Kier molecular flexibility index (Phi) is 4.70. The molecule has 0 heterocycles. The number of rotatable bonds is 4. The first-order chi connectivity index (χ1) is 8.66. The zero-order chi connectivity index (χ0) is 13.0. The van der Waals surface area contributed by atoms with Gasteiger partial charge in [0.05, 0.1) is 0 Å². The summed E-state index contributed by atoms with van der Waals surface area (Å²) < 4.78 is 26.2. The van der Waals surface area contributed by atoms with Gasteiger partial charge < -0.3 is 5.32 Å². The quantitative estimate of drug-likeness (QED) is 0.854. The average Bonchev–Trinajstić information content (AvgIpc) is 2.38. The lowest BCUT2D eigenvalue weighted by Crippen LogP contribution is -2.34. The van der Waals surface area contributed by atoms with Crippen LogP contribution in [0.4, 0.5) is 8.78 Å². The fraction of sp³-hybridized carbons (Fsp3) is 0.600. The van der Waals surface area contributed by atoms with Crippen molar-refractivity contribution in [2.24, 2.45) is 5.92 Å². The average molecular weight is 253 g/mol. The van der Waals surface area contributed by atoms with E-state index < -0.39 is 11.6 Å². The first kappa shape index (κ1) is 13.5. The molecule has 0 saturated heterocycles. The van der Waals surface area contributed by atoms with Crippen LogP contribution >= 0.6 is 0 Å². The SMILES string of the molecule is CC(NCc1ccc(F)cc1F)C1CCCCC1. The molecule has 2 rings (SSSR count). The minimum atomic E-state index is -0.517. The first-order valence-electron chi connectivity index (χ1n) is 6.84. The Labute approximate surface area is 108 Å². The molecule has 1 atom stereocenters. The zero-order valence-corrected chi connectivity index (χ0v) is 10.9. The maximum atomic E-state index is 13.5. The lowest BCUT2D eigenvalue weighted by Gasteiger charge is -2.28. The van der Waals surface area contributed by atoms with E-state index in [9.17, 15) is 8.78 Å². The molecule has 1 nitrogen and oxygen atoms in total. The van der Waals surface area contributed by atoms with Crippen molar-refractivity contribution in [3.8, 4) is 0 Å². The Morgan fingerprint density at radius 2 is 1.94 bits per heavy atom. The number of benzene rings is 1. The molecule has 1 aromatic rings. The predicted molar refractivity (Wildman–Crippen MR) is 69.2 cm³/mol. The molecule has 1 aliphatic carbocycles. The van der Waals surface area contributed by atoms with E-state index in [4.69, 9.17) is 0 Å². The number of hydrogen-bond acceptors (Lipinski definition) is 1. The Bertz CT molecular complexity index is 386. The van der Waals surface area contributed by atoms with Crippen molar-refractivity contribution >= 4 is 0 Å². The van der Waals surface area contributed by atoms with E-state index in [0.29, 0.717) is 24.1 Å². The van der Waals surface area contributed by atoms with Crippen molar-refractivity contribution in [2.75, 3.05) is 0 Å². The van der Waals surface area contributed by atoms with Gasteiger partial charge in [0.25, 0.3) is 0 Å². The molecule has 100 valence electrons. The number of hydrogen-bond donors (Lipinski definition) is 1. The van der Waals surface area contributed by atoms with Gasteiger partial charge in [-0.2, -0.15) is 0 Å². The van der Waals surface area contributed by atoms with Gasteiger partial charge in [-0.25, -0.2) is 8.78 Å². The van der Waals surface area contributed by atoms with Gasteiger partial charge in [-0.3, -0.25) is 0 Å². The predicted octanol–water partition coefficient (Wildman–Crippen LogP) is 4.02. The highest BCUT2D eigenvalue weighted by molar-refractivity contribution is 5.18. The first-order valence-corrected chi connectivity index (χ1v) is 6.84. The minimum Gasteiger partial charge on any atom is -0.310 e. The third-order valence-corrected chi connectivity index (χ3v) is 3.99. The van der Waals surface area contributed by atoms with Crippen LogP contribution in [0.15, 0.2) is 18.2 Å². The lowest BCUT2D eigenvalue weighted by atomic mass is 9.84. The van der Waals surface area contributed by atoms with Crippen LogP contribution in [-0.4, -0.2) is 6.04 Å². The van der Waals surface area contributed by atoms with Crippen LogP contribution in [0.3, 0.4) is 0 Å². The molecule has 1 aliphatic rings. The summed E-state index contributed by atoms with van der Waals surface area (Å²) in [5.74, 6) is -0.280. The van der Waals surface area contributed by atoms with E-state index in [2.05, 4.69) is 12.2 Å². The smallest absolute Gasteiger partial charge is 0.130 e. The molecular formula is C15H21F2N. The van der Waals surface area contributed by atoms with E-state index in [1.807, 2.05) is 0 Å². The van der Waals surface area contributed by atoms with Crippen LogP contribution in [0.5, 0.6) is 0 Å². The van der Waals surface area contributed by atoms with Crippen LogP contribution in [0.1, 0.15) is 44.6 Å². The van der Waals surface area contributed by atoms with Crippen LogP contribution in [0.25, 0.3) is 0 Å². The van der Waals surface area contributed by atoms with Gasteiger partial charge in [0.2, 0.25) is 0 Å². The lowest BCUT2D eigenvalue weighted by molar-refractivity contribution is 0.280. The highest BCUT2D eigenvalue weighted by Gasteiger charge is 2.19. The van der Waals surface area contributed by atoms with Crippen molar-refractivity contribution in [3.63, 3.8) is 0 Å². The molecule has 3 heteroatoms. The second kappa shape index (κ2) is 6.28. The largest absolute Gasteiger partial charge is 0.310 e. The van der Waals surface area contributed by atoms with Gasteiger partial charge in [-0.15, -0.1) is 0 Å². The second-order valence-corrected chi connectivity index (χ2v) is 5.30. The monoisotopic (exact) mass is 253 g/mol. The molecule has 0 aliphatic heterocycles. The highest BCUT2D eigenvalue weighted by Crippen LogP contribution is 2.26. The second-order valence-electron chi connectivity index (χ2n) is 5.30. The fourth-order valence-electron chi connectivity index (χ4n) is 2.74. The van der Waals surface area contributed by atoms with Crippen molar-refractivity contribution in [1.82, 2.24) is 5.32 Å². The standard InChI is InChI=1S/C15H21F2N/c1-11(12-5-3-2-4-6-12)18-10-13-7-8-14(16)9-15(13)17/h7-9,11-12,18H,2-6,10H2,1H3. The Hall–Kier alpha value is -0.960. The maximum Gasteiger partial charge on any atom is 0.130 e. The van der Waals surface area contributed by atoms with Crippen LogP contribution in [-0.2, 0) is 6.54 Å². The van der Waals surface area contributed by atoms with Gasteiger partial charge in [-0.05, 0) is 31.7 Å². The molecule has 0 spiro atoms. The third kappa shape index (κ3) is 3.52. The summed E-state index contributed by atoms with van der Waals surface area (Å²) in [5.41, 5.74) is 0.541. The number of halogens is 2. The molecule has 0 aromatic heterocycles. The van der Waals surface area contributed by atoms with Gasteiger partial charge in [0.1, 0.15) is 11.6 Å². The summed E-state index contributed by atoms with van der Waals surface area (Å²) in [6.07, 6.45) is 6.49. The van der Waals surface area contributed by atoms with Gasteiger partial charge in [-0.1, -0.05) is 25.3 Å². The van der Waals surface area contributed by atoms with E-state index in [-0.39, 0.29) is 0 Å². The zero-order valence-electron chi connectivity index (χ0n) is 10.9. The summed E-state index contributed by atoms with van der Waals surface area (Å²) in [5, 5.41) is 3.37. The summed E-state index contributed by atoms with van der Waals surface area (Å²) in [4.78, 5) is 0. The van der Waals surface area contributed by atoms with Crippen molar-refractivity contribution in [2.45, 2.75) is 51.6 Å². The summed E-state index contributed by atoms with van der Waals surface area (Å²) in [7, 11) is 0. The molecule has 0 bridgehead atoms. The Morgan fingerprint density at radius 1 is 1.22 bits per heavy atom. The van der Waals surface area contributed by atoms with Crippen molar-refractivity contribution in [3.05, 3.63) is 35.4 Å². The topological polar surface area (TPSA) is 12.0 Å². The molecule has 1 N–H and O–H groups in total. The molecule has 0 amide bonds. The van der Waals surface area contributed by atoms with Crippen LogP contribution in [0.2, 0.25) is 0 Å². The molecule has 18 heavy (non-hydrogen) atoms. The van der Waals surface area contributed by atoms with E-state index >= 15 is 0 Å². The molecule has 1 saturated carbocycles. The number of nitrogens with one attached hydrogen (secondary N) is 1. The van der Waals surface area contributed by atoms with E-state index in [1.165, 1.54) is 44.2 Å². The minimum absolute atomic E-state index is 0.398. The normalized spacial score (nSPS) is 18.8. The Morgan fingerprint density at radius 3 is 2.61 bits per heavy atom.